The van der Waals surface area contributed by atoms with Gasteiger partial charge >= 0.3 is 0 Å². The maximum Gasteiger partial charge on any atom is 0.274 e. The van der Waals surface area contributed by atoms with Crippen molar-refractivity contribution in [1.29, 1.82) is 0 Å². The number of fused-ring (bicyclic) bond motifs is 1. The van der Waals surface area contributed by atoms with Crippen LogP contribution >= 0.6 is 0 Å². The molecule has 0 aliphatic carbocycles. The quantitative estimate of drug-likeness (QED) is 0.780. The molecule has 1 N–H and O–H groups in total. The number of hydrogen-bond acceptors (Lipinski definition) is 2. The summed E-state index contributed by atoms with van der Waals surface area (Å²) in [7, 11) is 0. The molecule has 106 valence electrons. The molecule has 0 fully saturated rings. The topological polar surface area (TPSA) is 46.4 Å². The molecule has 0 atom stereocenters. The molecule has 2 heterocycles. The van der Waals surface area contributed by atoms with Crippen molar-refractivity contribution in [3.05, 3.63) is 65.1 Å². The van der Waals surface area contributed by atoms with Crippen LogP contribution in [0.3, 0.4) is 0 Å². The smallest absolute Gasteiger partial charge is 0.274 e. The minimum atomic E-state index is -0.144. The van der Waals surface area contributed by atoms with E-state index in [0.29, 0.717) is 5.69 Å². The molecule has 21 heavy (non-hydrogen) atoms. The number of aromatic nitrogens is 2. The first-order chi connectivity index (χ1) is 10.0. The highest BCUT2D eigenvalue weighted by Gasteiger charge is 2.16. The molecule has 0 spiro atoms. The maximum absolute atomic E-state index is 12.5. The van der Waals surface area contributed by atoms with E-state index >= 15 is 0 Å². The minimum absolute atomic E-state index is 0.144. The zero-order valence-corrected chi connectivity index (χ0v) is 12.3. The molecular formula is C17H17N3O. The second-order valence-corrected chi connectivity index (χ2v) is 5.30. The SMILES string of the molecule is Cc1cccc(NC(=O)c2c(C)nc3cc(C)ccn23)c1. The van der Waals surface area contributed by atoms with Gasteiger partial charge in [-0.25, -0.2) is 4.98 Å². The van der Waals surface area contributed by atoms with Crippen molar-refractivity contribution >= 4 is 17.2 Å². The van der Waals surface area contributed by atoms with Crippen molar-refractivity contribution in [2.45, 2.75) is 20.8 Å². The van der Waals surface area contributed by atoms with Crippen LogP contribution in [0.4, 0.5) is 5.69 Å². The summed E-state index contributed by atoms with van der Waals surface area (Å²) in [5.74, 6) is -0.144. The monoisotopic (exact) mass is 279 g/mol. The molecule has 1 aromatic carbocycles. The van der Waals surface area contributed by atoms with E-state index in [-0.39, 0.29) is 5.91 Å². The van der Waals surface area contributed by atoms with Crippen LogP contribution in [0.15, 0.2) is 42.6 Å². The van der Waals surface area contributed by atoms with Crippen LogP contribution in [-0.4, -0.2) is 15.3 Å². The van der Waals surface area contributed by atoms with Crippen LogP contribution in [-0.2, 0) is 0 Å². The molecule has 1 amide bonds. The number of benzene rings is 1. The van der Waals surface area contributed by atoms with Gasteiger partial charge in [-0.3, -0.25) is 9.20 Å². The Labute approximate surface area is 123 Å². The standard InChI is InChI=1S/C17H17N3O/c1-11-5-4-6-14(9-11)19-17(21)16-13(3)18-15-10-12(2)7-8-20(15)16/h4-10H,1-3H3,(H,19,21). The van der Waals surface area contributed by atoms with Gasteiger partial charge in [0.25, 0.3) is 5.91 Å². The number of pyridine rings is 1. The molecular weight excluding hydrogens is 262 g/mol. The molecule has 2 aromatic heterocycles. The van der Waals surface area contributed by atoms with Crippen LogP contribution in [0.1, 0.15) is 27.3 Å². The summed E-state index contributed by atoms with van der Waals surface area (Å²) in [6.45, 7) is 5.86. The molecule has 0 unspecified atom stereocenters. The van der Waals surface area contributed by atoms with E-state index in [1.165, 1.54) is 0 Å². The van der Waals surface area contributed by atoms with E-state index in [9.17, 15) is 4.79 Å². The van der Waals surface area contributed by atoms with Crippen molar-refractivity contribution < 1.29 is 4.79 Å². The molecule has 3 aromatic rings. The molecule has 0 aliphatic rings. The summed E-state index contributed by atoms with van der Waals surface area (Å²) < 4.78 is 1.83. The number of carbonyl (C=O) groups is 1. The number of nitrogens with one attached hydrogen (secondary N) is 1. The molecule has 0 bridgehead atoms. The van der Waals surface area contributed by atoms with Crippen molar-refractivity contribution in [3.8, 4) is 0 Å². The van der Waals surface area contributed by atoms with Gasteiger partial charge < -0.3 is 5.32 Å². The summed E-state index contributed by atoms with van der Waals surface area (Å²) in [4.78, 5) is 17.0. The molecule has 0 saturated carbocycles. The second kappa shape index (κ2) is 5.05. The van der Waals surface area contributed by atoms with Gasteiger partial charge in [0.05, 0.1) is 5.69 Å². The summed E-state index contributed by atoms with van der Waals surface area (Å²) in [5, 5.41) is 2.93. The molecule has 0 radical (unpaired) electrons. The average Bonchev–Trinajstić information content (AvgIpc) is 2.73. The van der Waals surface area contributed by atoms with Crippen LogP contribution in [0, 0.1) is 20.8 Å². The van der Waals surface area contributed by atoms with Crippen molar-refractivity contribution in [2.75, 3.05) is 5.32 Å². The van der Waals surface area contributed by atoms with Crippen molar-refractivity contribution in [2.24, 2.45) is 0 Å². The fourth-order valence-corrected chi connectivity index (χ4v) is 2.45. The van der Waals surface area contributed by atoms with Gasteiger partial charge in [-0.15, -0.1) is 0 Å². The van der Waals surface area contributed by atoms with E-state index in [1.54, 1.807) is 0 Å². The highest BCUT2D eigenvalue weighted by Crippen LogP contribution is 2.16. The van der Waals surface area contributed by atoms with Crippen LogP contribution in [0.2, 0.25) is 0 Å². The number of aryl methyl sites for hydroxylation is 3. The number of hydrogen-bond donors (Lipinski definition) is 1. The Morgan fingerprint density at radius 2 is 1.86 bits per heavy atom. The minimum Gasteiger partial charge on any atom is -0.321 e. The lowest BCUT2D eigenvalue weighted by Crippen LogP contribution is -2.15. The zero-order chi connectivity index (χ0) is 15.0. The first kappa shape index (κ1) is 13.4. The number of anilines is 1. The largest absolute Gasteiger partial charge is 0.321 e. The Kier molecular flexibility index (Phi) is 3.22. The van der Waals surface area contributed by atoms with Gasteiger partial charge in [0.15, 0.2) is 0 Å². The van der Waals surface area contributed by atoms with E-state index in [4.69, 9.17) is 0 Å². The fraction of sp³-hybridized carbons (Fsp3) is 0.176. The van der Waals surface area contributed by atoms with Crippen LogP contribution in [0.25, 0.3) is 5.65 Å². The Bertz CT molecular complexity index is 833. The predicted octanol–water partition coefficient (Wildman–Crippen LogP) is 3.51. The summed E-state index contributed by atoms with van der Waals surface area (Å²) >= 11 is 0. The Morgan fingerprint density at radius 1 is 1.10 bits per heavy atom. The van der Waals surface area contributed by atoms with Crippen LogP contribution in [0.5, 0.6) is 0 Å². The third-order valence-electron chi connectivity index (χ3n) is 3.45. The number of rotatable bonds is 2. The third kappa shape index (κ3) is 2.52. The van der Waals surface area contributed by atoms with E-state index in [0.717, 1.165) is 28.2 Å². The summed E-state index contributed by atoms with van der Waals surface area (Å²) in [6, 6.07) is 11.7. The number of imidazole rings is 1. The number of amides is 1. The Hall–Kier alpha value is -2.62. The van der Waals surface area contributed by atoms with Gasteiger partial charge in [0, 0.05) is 11.9 Å². The first-order valence-corrected chi connectivity index (χ1v) is 6.88. The normalized spacial score (nSPS) is 10.8. The van der Waals surface area contributed by atoms with E-state index in [1.807, 2.05) is 67.8 Å². The lowest BCUT2D eigenvalue weighted by molar-refractivity contribution is 0.102. The van der Waals surface area contributed by atoms with Gasteiger partial charge in [-0.05, 0) is 56.2 Å². The number of carbonyl (C=O) groups excluding carboxylic acids is 1. The first-order valence-electron chi connectivity index (χ1n) is 6.88. The molecule has 3 rings (SSSR count). The lowest BCUT2D eigenvalue weighted by Gasteiger charge is -2.07. The summed E-state index contributed by atoms with van der Waals surface area (Å²) in [5.41, 5.74) is 5.12. The third-order valence-corrected chi connectivity index (χ3v) is 3.45. The molecule has 4 nitrogen and oxygen atoms in total. The van der Waals surface area contributed by atoms with Gasteiger partial charge in [0.2, 0.25) is 0 Å². The molecule has 0 aliphatic heterocycles. The zero-order valence-electron chi connectivity index (χ0n) is 12.3. The number of nitrogens with zero attached hydrogens (tertiary/aromatic N) is 2. The Morgan fingerprint density at radius 3 is 2.62 bits per heavy atom. The second-order valence-electron chi connectivity index (χ2n) is 5.30. The summed E-state index contributed by atoms with van der Waals surface area (Å²) in [6.07, 6.45) is 1.88. The molecule has 0 saturated heterocycles. The fourth-order valence-electron chi connectivity index (χ4n) is 2.45. The van der Waals surface area contributed by atoms with Crippen LogP contribution < -0.4 is 5.32 Å². The maximum atomic E-state index is 12.5. The predicted molar refractivity (Wildman–Crippen MR) is 83.8 cm³/mol. The van der Waals surface area contributed by atoms with Crippen molar-refractivity contribution in [1.82, 2.24) is 9.38 Å². The highest BCUT2D eigenvalue weighted by atomic mass is 16.2. The highest BCUT2D eigenvalue weighted by molar-refractivity contribution is 6.04. The lowest BCUT2D eigenvalue weighted by atomic mass is 10.2. The molecule has 4 heteroatoms. The Balaban J connectivity index is 2.00. The van der Waals surface area contributed by atoms with Gasteiger partial charge in [-0.1, -0.05) is 12.1 Å². The van der Waals surface area contributed by atoms with Crippen molar-refractivity contribution in [3.63, 3.8) is 0 Å². The van der Waals surface area contributed by atoms with Gasteiger partial charge in [0.1, 0.15) is 11.3 Å². The average molecular weight is 279 g/mol. The van der Waals surface area contributed by atoms with Gasteiger partial charge in [-0.2, -0.15) is 0 Å². The van der Waals surface area contributed by atoms with E-state index in [2.05, 4.69) is 10.3 Å². The van der Waals surface area contributed by atoms with E-state index < -0.39 is 0 Å².